The maximum absolute atomic E-state index is 9.92. The van der Waals surface area contributed by atoms with Gasteiger partial charge in [-0.15, -0.1) is 0 Å². The Kier molecular flexibility index (Phi) is 4.49. The molecule has 4 nitrogen and oxygen atoms in total. The van der Waals surface area contributed by atoms with E-state index in [1.807, 2.05) is 6.08 Å². The van der Waals surface area contributed by atoms with Crippen molar-refractivity contribution in [3.05, 3.63) is 56.7 Å². The average molecular weight is 369 g/mol. The smallest absolute Gasteiger partial charge is 0.191 e. The largest absolute Gasteiger partial charge is 0.399 e. The zero-order valence-corrected chi connectivity index (χ0v) is 14.8. The molecule has 0 bridgehead atoms. The molecule has 0 aliphatic heterocycles. The summed E-state index contributed by atoms with van der Waals surface area (Å²) in [7, 11) is 0. The van der Waals surface area contributed by atoms with Gasteiger partial charge in [0.15, 0.2) is 5.41 Å². The first kappa shape index (κ1) is 17.4. The molecule has 1 aromatic carbocycles. The van der Waals surface area contributed by atoms with Crippen molar-refractivity contribution in [2.45, 2.75) is 25.2 Å². The van der Waals surface area contributed by atoms with Gasteiger partial charge in [-0.2, -0.15) is 15.8 Å². The Labute approximate surface area is 156 Å². The maximum atomic E-state index is 9.92. The standard InChI is InChI=1S/C19H14Cl2N4/c20-15-7-3-6-13(17(15)21)16-12-5-2-1-4-11(12)14(8-22)18(25)19(16,9-23)10-24/h3-4,6-7,12,16H,1-2,5,25H2. The summed E-state index contributed by atoms with van der Waals surface area (Å²) < 4.78 is 0. The SMILES string of the molecule is N#CC1=C(N)C(C#N)(C#N)C(c2cccc(Cl)c2Cl)C2CCCC=C12. The van der Waals surface area contributed by atoms with Gasteiger partial charge in [-0.05, 0) is 42.4 Å². The molecule has 2 aliphatic rings. The number of hydrogen-bond donors (Lipinski definition) is 1. The third kappa shape index (κ3) is 2.40. The van der Waals surface area contributed by atoms with Gasteiger partial charge < -0.3 is 5.73 Å². The molecule has 1 aromatic rings. The predicted octanol–water partition coefficient (Wildman–Crippen LogP) is 4.59. The minimum Gasteiger partial charge on any atom is -0.399 e. The van der Waals surface area contributed by atoms with Crippen molar-refractivity contribution in [1.29, 1.82) is 15.8 Å². The van der Waals surface area contributed by atoms with Crippen molar-refractivity contribution in [3.8, 4) is 18.2 Å². The van der Waals surface area contributed by atoms with Crippen LogP contribution in [0.25, 0.3) is 0 Å². The highest BCUT2D eigenvalue weighted by molar-refractivity contribution is 6.42. The molecule has 2 aliphatic carbocycles. The topological polar surface area (TPSA) is 97.4 Å². The molecule has 6 heteroatoms. The number of hydrogen-bond acceptors (Lipinski definition) is 4. The highest BCUT2D eigenvalue weighted by atomic mass is 35.5. The fraction of sp³-hybridized carbons (Fsp3) is 0.316. The Hall–Kier alpha value is -2.45. The molecule has 2 unspecified atom stereocenters. The van der Waals surface area contributed by atoms with E-state index in [0.29, 0.717) is 15.6 Å². The summed E-state index contributed by atoms with van der Waals surface area (Å²) in [5.41, 5.74) is 6.24. The fourth-order valence-electron chi connectivity index (χ4n) is 3.98. The molecule has 0 saturated heterocycles. The highest BCUT2D eigenvalue weighted by Gasteiger charge is 2.54. The first-order valence-electron chi connectivity index (χ1n) is 7.89. The Morgan fingerprint density at radius 3 is 2.52 bits per heavy atom. The van der Waals surface area contributed by atoms with Crippen molar-refractivity contribution < 1.29 is 0 Å². The van der Waals surface area contributed by atoms with E-state index in [1.165, 1.54) is 0 Å². The van der Waals surface area contributed by atoms with E-state index in [9.17, 15) is 15.8 Å². The second-order valence-corrected chi connectivity index (χ2v) is 7.03. The van der Waals surface area contributed by atoms with Crippen LogP contribution in [-0.4, -0.2) is 0 Å². The summed E-state index contributed by atoms with van der Waals surface area (Å²) >= 11 is 12.6. The third-order valence-electron chi connectivity index (χ3n) is 5.12. The van der Waals surface area contributed by atoms with Gasteiger partial charge in [-0.25, -0.2) is 0 Å². The number of nitrogens with two attached hydrogens (primary N) is 1. The summed E-state index contributed by atoms with van der Waals surface area (Å²) in [6.45, 7) is 0. The highest BCUT2D eigenvalue weighted by Crippen LogP contribution is 2.57. The van der Waals surface area contributed by atoms with Crippen LogP contribution in [0.5, 0.6) is 0 Å². The molecule has 2 atom stereocenters. The van der Waals surface area contributed by atoms with Crippen molar-refractivity contribution in [3.63, 3.8) is 0 Å². The molecule has 0 amide bonds. The van der Waals surface area contributed by atoms with E-state index in [0.717, 1.165) is 24.8 Å². The molecule has 0 spiro atoms. The Bertz CT molecular complexity index is 910. The molecule has 0 heterocycles. The van der Waals surface area contributed by atoms with Crippen molar-refractivity contribution in [1.82, 2.24) is 0 Å². The van der Waals surface area contributed by atoms with Gasteiger partial charge >= 0.3 is 0 Å². The number of halogens is 2. The second-order valence-electron chi connectivity index (χ2n) is 6.25. The molecular weight excluding hydrogens is 355 g/mol. The molecule has 2 N–H and O–H groups in total. The minimum absolute atomic E-state index is 0.00504. The lowest BCUT2D eigenvalue weighted by atomic mass is 9.57. The zero-order chi connectivity index (χ0) is 18.2. The van der Waals surface area contributed by atoms with Gasteiger partial charge in [0.05, 0.1) is 33.5 Å². The van der Waals surface area contributed by atoms with Crippen LogP contribution in [0.2, 0.25) is 10.0 Å². The Morgan fingerprint density at radius 2 is 1.88 bits per heavy atom. The van der Waals surface area contributed by atoms with E-state index in [4.69, 9.17) is 28.9 Å². The molecule has 3 rings (SSSR count). The lowest BCUT2D eigenvalue weighted by Gasteiger charge is -2.43. The third-order valence-corrected chi connectivity index (χ3v) is 5.95. The van der Waals surface area contributed by atoms with E-state index in [2.05, 4.69) is 18.2 Å². The van der Waals surface area contributed by atoms with E-state index in [1.54, 1.807) is 18.2 Å². The van der Waals surface area contributed by atoms with E-state index >= 15 is 0 Å². The Morgan fingerprint density at radius 1 is 1.16 bits per heavy atom. The number of allylic oxidation sites excluding steroid dienone is 4. The minimum atomic E-state index is -1.65. The normalized spacial score (nSPS) is 24.4. The van der Waals surface area contributed by atoms with Gasteiger partial charge in [-0.3, -0.25) is 0 Å². The summed E-state index contributed by atoms with van der Waals surface area (Å²) in [6.07, 6.45) is 4.49. The summed E-state index contributed by atoms with van der Waals surface area (Å²) in [4.78, 5) is 0. The second kappa shape index (κ2) is 6.45. The molecular formula is C19H14Cl2N4. The van der Waals surface area contributed by atoms with Gasteiger partial charge in [0.1, 0.15) is 6.07 Å². The number of nitriles is 3. The van der Waals surface area contributed by atoms with Crippen LogP contribution in [0.4, 0.5) is 0 Å². The van der Waals surface area contributed by atoms with E-state index in [-0.39, 0.29) is 17.2 Å². The van der Waals surface area contributed by atoms with Crippen LogP contribution in [0, 0.1) is 45.3 Å². The van der Waals surface area contributed by atoms with Crippen LogP contribution in [0.3, 0.4) is 0 Å². The first-order chi connectivity index (χ1) is 12.0. The monoisotopic (exact) mass is 368 g/mol. The van der Waals surface area contributed by atoms with Crippen molar-refractivity contribution >= 4 is 23.2 Å². The first-order valence-corrected chi connectivity index (χ1v) is 8.64. The van der Waals surface area contributed by atoms with Crippen molar-refractivity contribution in [2.75, 3.05) is 0 Å². The Balaban J connectivity index is 2.38. The molecule has 124 valence electrons. The van der Waals surface area contributed by atoms with Crippen LogP contribution in [-0.2, 0) is 0 Å². The number of benzene rings is 1. The average Bonchev–Trinajstić information content (AvgIpc) is 2.64. The van der Waals surface area contributed by atoms with Gasteiger partial charge in [0.25, 0.3) is 0 Å². The number of fused-ring (bicyclic) bond motifs is 1. The molecule has 0 aromatic heterocycles. The quantitative estimate of drug-likeness (QED) is 0.783. The van der Waals surface area contributed by atoms with Crippen LogP contribution in [0.1, 0.15) is 30.7 Å². The number of nitrogens with zero attached hydrogens (tertiary/aromatic N) is 3. The fourth-order valence-corrected chi connectivity index (χ4v) is 4.40. The lowest BCUT2D eigenvalue weighted by Crippen LogP contribution is -2.42. The van der Waals surface area contributed by atoms with Gasteiger partial charge in [0.2, 0.25) is 0 Å². The van der Waals surface area contributed by atoms with Crippen LogP contribution < -0.4 is 5.73 Å². The molecule has 0 fully saturated rings. The number of rotatable bonds is 1. The van der Waals surface area contributed by atoms with E-state index < -0.39 is 11.3 Å². The lowest BCUT2D eigenvalue weighted by molar-refractivity contribution is 0.317. The van der Waals surface area contributed by atoms with Gasteiger partial charge in [0, 0.05) is 5.92 Å². The maximum Gasteiger partial charge on any atom is 0.191 e. The summed E-state index contributed by atoms with van der Waals surface area (Å²) in [5, 5.41) is 30.1. The molecule has 0 saturated carbocycles. The van der Waals surface area contributed by atoms with Crippen LogP contribution >= 0.6 is 23.2 Å². The molecule has 0 radical (unpaired) electrons. The summed E-state index contributed by atoms with van der Waals surface area (Å²) in [6, 6.07) is 11.5. The van der Waals surface area contributed by atoms with Crippen LogP contribution in [0.15, 0.2) is 41.1 Å². The van der Waals surface area contributed by atoms with Crippen molar-refractivity contribution in [2.24, 2.45) is 17.1 Å². The zero-order valence-electron chi connectivity index (χ0n) is 13.3. The molecule has 25 heavy (non-hydrogen) atoms. The predicted molar refractivity (Wildman–Crippen MR) is 95.1 cm³/mol. The van der Waals surface area contributed by atoms with Gasteiger partial charge in [-0.1, -0.05) is 41.4 Å². The summed E-state index contributed by atoms with van der Waals surface area (Å²) in [5.74, 6) is -0.747.